The number of ether oxygens (including phenoxy) is 2. The molecule has 0 bridgehead atoms. The van der Waals surface area contributed by atoms with Crippen molar-refractivity contribution < 1.29 is 22.7 Å². The van der Waals surface area contributed by atoms with E-state index in [0.717, 1.165) is 5.56 Å². The highest BCUT2D eigenvalue weighted by Crippen LogP contribution is 2.55. The van der Waals surface area contributed by atoms with E-state index < -0.39 is 38.2 Å². The molecular formula is C18H28N2O5S. The molecule has 1 aromatic rings. The van der Waals surface area contributed by atoms with Gasteiger partial charge < -0.3 is 20.5 Å². The molecule has 1 aromatic carbocycles. The monoisotopic (exact) mass is 384 g/mol. The van der Waals surface area contributed by atoms with Crippen molar-refractivity contribution >= 4 is 15.9 Å². The van der Waals surface area contributed by atoms with Crippen LogP contribution in [0.25, 0.3) is 0 Å². The second-order valence-electron chi connectivity index (χ2n) is 7.49. The number of benzene rings is 1. The van der Waals surface area contributed by atoms with E-state index in [1.54, 1.807) is 59.1 Å². The van der Waals surface area contributed by atoms with Gasteiger partial charge in [-0.25, -0.2) is 13.2 Å². The summed E-state index contributed by atoms with van der Waals surface area (Å²) in [5.41, 5.74) is 4.96. The third kappa shape index (κ3) is 3.96. The first-order valence-corrected chi connectivity index (χ1v) is 10.3. The van der Waals surface area contributed by atoms with Gasteiger partial charge in [-0.05, 0) is 38.5 Å². The molecule has 3 atom stereocenters. The Morgan fingerprint density at radius 3 is 2.27 bits per heavy atom. The molecule has 2 rings (SSSR count). The average molecular weight is 384 g/mol. The van der Waals surface area contributed by atoms with Crippen LogP contribution in [-0.2, 0) is 14.6 Å². The van der Waals surface area contributed by atoms with Crippen LogP contribution in [0.2, 0.25) is 0 Å². The Balaban J connectivity index is 2.38. The van der Waals surface area contributed by atoms with Gasteiger partial charge in [-0.15, -0.1) is 0 Å². The van der Waals surface area contributed by atoms with Gasteiger partial charge in [0.15, 0.2) is 9.84 Å². The second kappa shape index (κ2) is 7.08. The van der Waals surface area contributed by atoms with Gasteiger partial charge >= 0.3 is 6.09 Å². The van der Waals surface area contributed by atoms with Crippen LogP contribution in [0.1, 0.15) is 39.2 Å². The second-order valence-corrected chi connectivity index (χ2v) is 9.91. The minimum absolute atomic E-state index is 0.00711. The smallest absolute Gasteiger partial charge is 0.408 e. The summed E-state index contributed by atoms with van der Waals surface area (Å²) in [5, 5.41) is 1.96. The Kier molecular flexibility index (Phi) is 5.58. The summed E-state index contributed by atoms with van der Waals surface area (Å²) in [6, 6.07) is 7.13. The first-order chi connectivity index (χ1) is 12.0. The lowest BCUT2D eigenvalue weighted by Gasteiger charge is -2.24. The number of carbonyl (C=O) groups is 1. The maximum Gasteiger partial charge on any atom is 0.408 e. The Labute approximate surface area is 155 Å². The number of hydrogen-bond donors (Lipinski definition) is 2. The van der Waals surface area contributed by atoms with E-state index in [1.807, 2.05) is 0 Å². The van der Waals surface area contributed by atoms with E-state index in [2.05, 4.69) is 5.32 Å². The summed E-state index contributed by atoms with van der Waals surface area (Å²) >= 11 is 0. The molecule has 0 unspecified atom stereocenters. The standard InChI is InChI=1S/C18H28N2O5S/c1-6-26(22,23)15-14(12-7-9-13(24-5)10-8-12)18(15,11-19)20-16(21)25-17(2,3)4/h7-10,14-15H,6,11,19H2,1-5H3,(H,20,21)/t14-,15+,18+/m0/s1. The average Bonchev–Trinajstić information content (AvgIpc) is 3.22. The summed E-state index contributed by atoms with van der Waals surface area (Å²) < 4.78 is 35.7. The third-order valence-electron chi connectivity index (χ3n) is 4.59. The molecule has 146 valence electrons. The number of amides is 1. The zero-order valence-electron chi connectivity index (χ0n) is 15.9. The van der Waals surface area contributed by atoms with Crippen LogP contribution >= 0.6 is 0 Å². The molecular weight excluding hydrogens is 356 g/mol. The predicted molar refractivity (Wildman–Crippen MR) is 100 cm³/mol. The van der Waals surface area contributed by atoms with Crippen molar-refractivity contribution in [3.05, 3.63) is 29.8 Å². The summed E-state index contributed by atoms with van der Waals surface area (Å²) in [4.78, 5) is 12.3. The largest absolute Gasteiger partial charge is 0.497 e. The molecule has 8 heteroatoms. The molecule has 0 saturated heterocycles. The van der Waals surface area contributed by atoms with E-state index in [-0.39, 0.29) is 12.3 Å². The van der Waals surface area contributed by atoms with E-state index >= 15 is 0 Å². The Bertz CT molecular complexity index is 755. The highest BCUT2D eigenvalue weighted by atomic mass is 32.2. The molecule has 0 aliphatic heterocycles. The fourth-order valence-electron chi connectivity index (χ4n) is 3.33. The van der Waals surface area contributed by atoms with Gasteiger partial charge in [-0.1, -0.05) is 19.1 Å². The zero-order chi connectivity index (χ0) is 19.8. The van der Waals surface area contributed by atoms with Gasteiger partial charge in [0, 0.05) is 18.2 Å². The van der Waals surface area contributed by atoms with Gasteiger partial charge in [0.1, 0.15) is 11.4 Å². The van der Waals surface area contributed by atoms with E-state index in [1.165, 1.54) is 0 Å². The zero-order valence-corrected chi connectivity index (χ0v) is 16.7. The van der Waals surface area contributed by atoms with Crippen LogP contribution in [0.4, 0.5) is 4.79 Å². The quantitative estimate of drug-likeness (QED) is 0.774. The van der Waals surface area contributed by atoms with E-state index in [4.69, 9.17) is 15.2 Å². The van der Waals surface area contributed by atoms with Gasteiger partial charge in [-0.3, -0.25) is 0 Å². The van der Waals surface area contributed by atoms with E-state index in [9.17, 15) is 13.2 Å². The van der Waals surface area contributed by atoms with Gasteiger partial charge in [0.2, 0.25) is 0 Å². The van der Waals surface area contributed by atoms with Crippen molar-refractivity contribution in [2.24, 2.45) is 5.73 Å². The Morgan fingerprint density at radius 1 is 1.27 bits per heavy atom. The van der Waals surface area contributed by atoms with Gasteiger partial charge in [-0.2, -0.15) is 0 Å². The number of methoxy groups -OCH3 is 1. The van der Waals surface area contributed by atoms with Crippen molar-refractivity contribution in [1.82, 2.24) is 5.32 Å². The molecule has 1 amide bonds. The van der Waals surface area contributed by atoms with Crippen molar-refractivity contribution in [2.45, 2.75) is 50.0 Å². The number of nitrogens with one attached hydrogen (secondary N) is 1. The summed E-state index contributed by atoms with van der Waals surface area (Å²) in [6.07, 6.45) is -0.671. The topological polar surface area (TPSA) is 108 Å². The molecule has 1 aliphatic carbocycles. The van der Waals surface area contributed by atoms with Crippen LogP contribution in [0.3, 0.4) is 0 Å². The van der Waals surface area contributed by atoms with Crippen LogP contribution < -0.4 is 15.8 Å². The lowest BCUT2D eigenvalue weighted by molar-refractivity contribution is 0.0497. The highest BCUT2D eigenvalue weighted by Gasteiger charge is 2.71. The summed E-state index contributed by atoms with van der Waals surface area (Å²) in [6.45, 7) is 6.82. The summed E-state index contributed by atoms with van der Waals surface area (Å²) in [7, 11) is -1.87. The van der Waals surface area contributed by atoms with Gasteiger partial charge in [0.05, 0.1) is 17.9 Å². The molecule has 0 aromatic heterocycles. The Hall–Kier alpha value is -1.80. The molecule has 26 heavy (non-hydrogen) atoms. The maximum atomic E-state index is 12.6. The number of sulfone groups is 1. The van der Waals surface area contributed by atoms with Crippen molar-refractivity contribution in [1.29, 1.82) is 0 Å². The number of rotatable bonds is 6. The molecule has 3 N–H and O–H groups in total. The number of alkyl carbamates (subject to hydrolysis) is 1. The third-order valence-corrected chi connectivity index (χ3v) is 6.86. The molecule has 0 heterocycles. The number of nitrogens with two attached hydrogens (primary N) is 1. The minimum atomic E-state index is -3.43. The predicted octanol–water partition coefficient (Wildman–Crippen LogP) is 1.82. The lowest BCUT2D eigenvalue weighted by atomic mass is 10.1. The summed E-state index contributed by atoms with van der Waals surface area (Å²) in [5.74, 6) is 0.209. The molecule has 1 aliphatic rings. The fourth-order valence-corrected chi connectivity index (χ4v) is 5.37. The molecule has 7 nitrogen and oxygen atoms in total. The fraction of sp³-hybridized carbons (Fsp3) is 0.611. The Morgan fingerprint density at radius 2 is 1.85 bits per heavy atom. The SMILES string of the molecule is CCS(=O)(=O)[C@@H]1[C@H](c2ccc(OC)cc2)[C@@]1(CN)NC(=O)OC(C)(C)C. The van der Waals surface area contributed by atoms with Gasteiger partial charge in [0.25, 0.3) is 0 Å². The maximum absolute atomic E-state index is 12.6. The molecule has 1 saturated carbocycles. The first-order valence-electron chi connectivity index (χ1n) is 8.57. The minimum Gasteiger partial charge on any atom is -0.497 e. The number of carbonyl (C=O) groups excluding carboxylic acids is 1. The normalized spacial score (nSPS) is 25.5. The lowest BCUT2D eigenvalue weighted by Crippen LogP contribution is -2.49. The molecule has 0 radical (unpaired) electrons. The highest BCUT2D eigenvalue weighted by molar-refractivity contribution is 7.92. The van der Waals surface area contributed by atoms with Crippen LogP contribution in [-0.4, -0.2) is 50.3 Å². The molecule has 0 spiro atoms. The first kappa shape index (κ1) is 20.5. The van der Waals surface area contributed by atoms with Crippen molar-refractivity contribution in [3.8, 4) is 5.75 Å². The van der Waals surface area contributed by atoms with Crippen molar-refractivity contribution in [2.75, 3.05) is 19.4 Å². The van der Waals surface area contributed by atoms with Crippen LogP contribution in [0.5, 0.6) is 5.75 Å². The molecule has 1 fully saturated rings. The van der Waals surface area contributed by atoms with Crippen LogP contribution in [0.15, 0.2) is 24.3 Å². The van der Waals surface area contributed by atoms with Crippen LogP contribution in [0, 0.1) is 0 Å². The number of hydrogen-bond acceptors (Lipinski definition) is 6. The van der Waals surface area contributed by atoms with Crippen molar-refractivity contribution in [3.63, 3.8) is 0 Å². The van der Waals surface area contributed by atoms with E-state index in [0.29, 0.717) is 5.75 Å².